The molecule has 0 saturated heterocycles. The van der Waals surface area contributed by atoms with Crippen molar-refractivity contribution in [3.63, 3.8) is 0 Å². The molecular weight excluding hydrogens is 220 g/mol. The van der Waals surface area contributed by atoms with Crippen molar-refractivity contribution in [3.8, 4) is 0 Å². The van der Waals surface area contributed by atoms with Gasteiger partial charge in [0, 0.05) is 0 Å². The van der Waals surface area contributed by atoms with Crippen LogP contribution in [0.4, 0.5) is 0 Å². The molecule has 0 aromatic rings. The van der Waals surface area contributed by atoms with E-state index >= 15 is 0 Å². The van der Waals surface area contributed by atoms with E-state index in [9.17, 15) is 9.59 Å². The number of allylic oxidation sites excluding steroid dienone is 1. The van der Waals surface area contributed by atoms with E-state index in [0.717, 1.165) is 38.5 Å². The molecule has 0 aliphatic rings. The van der Waals surface area contributed by atoms with Crippen LogP contribution in [0.1, 0.15) is 52.4 Å². The zero-order chi connectivity index (χ0) is 13.3. The van der Waals surface area contributed by atoms with Gasteiger partial charge in [-0.2, -0.15) is 0 Å². The average molecular weight is 242 g/mol. The summed E-state index contributed by atoms with van der Waals surface area (Å²) in [5.74, 6) is -2.64. The first-order valence-electron chi connectivity index (χ1n) is 6.21. The molecule has 0 amide bonds. The minimum absolute atomic E-state index is 0.0637. The summed E-state index contributed by atoms with van der Waals surface area (Å²) in [5, 5.41) is 17.6. The molecule has 0 radical (unpaired) electrons. The minimum Gasteiger partial charge on any atom is -0.477 e. The van der Waals surface area contributed by atoms with E-state index in [2.05, 4.69) is 6.92 Å². The Kier molecular flexibility index (Phi) is 8.11. The van der Waals surface area contributed by atoms with Gasteiger partial charge in [0.25, 0.3) is 0 Å². The molecule has 4 heteroatoms. The Balaban J connectivity index is 4.61. The minimum atomic E-state index is -1.35. The molecule has 0 spiro atoms. The molecule has 2 N–H and O–H groups in total. The van der Waals surface area contributed by atoms with Crippen molar-refractivity contribution in [2.75, 3.05) is 0 Å². The number of carboxylic acid groups (broad SMARTS) is 2. The number of hydrogen-bond donors (Lipinski definition) is 2. The molecule has 1 unspecified atom stereocenters. The van der Waals surface area contributed by atoms with Gasteiger partial charge in [-0.1, -0.05) is 45.6 Å². The van der Waals surface area contributed by atoms with E-state index in [1.54, 1.807) is 0 Å². The van der Waals surface area contributed by atoms with Gasteiger partial charge in [-0.3, -0.25) is 0 Å². The smallest absolute Gasteiger partial charge is 0.342 e. The summed E-state index contributed by atoms with van der Waals surface area (Å²) in [4.78, 5) is 21.5. The molecule has 0 aromatic heterocycles. The van der Waals surface area contributed by atoms with E-state index in [4.69, 9.17) is 10.2 Å². The zero-order valence-corrected chi connectivity index (χ0v) is 10.6. The number of rotatable bonds is 9. The normalized spacial score (nSPS) is 11.9. The lowest BCUT2D eigenvalue weighted by atomic mass is 9.94. The summed E-state index contributed by atoms with van der Waals surface area (Å²) in [6.45, 7) is 4.12. The Morgan fingerprint density at radius 3 is 2.00 bits per heavy atom. The fraction of sp³-hybridized carbons (Fsp3) is 0.692. The fourth-order valence-electron chi connectivity index (χ4n) is 1.81. The molecule has 0 aliphatic carbocycles. The van der Waals surface area contributed by atoms with Crippen LogP contribution in [-0.4, -0.2) is 22.2 Å². The van der Waals surface area contributed by atoms with Gasteiger partial charge in [0.1, 0.15) is 5.57 Å². The first-order chi connectivity index (χ1) is 8.02. The number of aliphatic carboxylic acids is 2. The highest BCUT2D eigenvalue weighted by Gasteiger charge is 2.18. The van der Waals surface area contributed by atoms with Crippen LogP contribution in [0, 0.1) is 5.92 Å². The molecule has 0 aromatic carbocycles. The lowest BCUT2D eigenvalue weighted by Crippen LogP contribution is -2.13. The maximum Gasteiger partial charge on any atom is 0.342 e. The topological polar surface area (TPSA) is 74.6 Å². The highest BCUT2D eigenvalue weighted by atomic mass is 16.4. The van der Waals surface area contributed by atoms with Crippen LogP contribution >= 0.6 is 0 Å². The maximum atomic E-state index is 10.8. The number of carbonyl (C=O) groups is 2. The molecule has 0 fully saturated rings. The molecule has 4 nitrogen and oxygen atoms in total. The van der Waals surface area contributed by atoms with Crippen molar-refractivity contribution in [2.24, 2.45) is 5.92 Å². The molecular formula is C13H22O4. The lowest BCUT2D eigenvalue weighted by molar-refractivity contribution is -0.140. The Morgan fingerprint density at radius 2 is 1.59 bits per heavy atom. The van der Waals surface area contributed by atoms with Crippen molar-refractivity contribution in [1.29, 1.82) is 0 Å². The summed E-state index contributed by atoms with van der Waals surface area (Å²) in [6, 6.07) is 0. The number of hydrogen-bond acceptors (Lipinski definition) is 2. The number of carboxylic acids is 2. The van der Waals surface area contributed by atoms with Crippen molar-refractivity contribution in [2.45, 2.75) is 52.4 Å². The van der Waals surface area contributed by atoms with E-state index in [-0.39, 0.29) is 5.92 Å². The highest BCUT2D eigenvalue weighted by Crippen LogP contribution is 2.19. The van der Waals surface area contributed by atoms with E-state index in [1.807, 2.05) is 6.92 Å². The number of unbranched alkanes of at least 4 members (excludes halogenated alkanes) is 2. The molecule has 0 heterocycles. The predicted molar refractivity (Wildman–Crippen MR) is 65.9 cm³/mol. The predicted octanol–water partition coefficient (Wildman–Crippen LogP) is 3.08. The van der Waals surface area contributed by atoms with Crippen LogP contribution < -0.4 is 0 Å². The third-order valence-corrected chi connectivity index (χ3v) is 2.70. The third kappa shape index (κ3) is 6.76. The SMILES string of the molecule is CCCCCC(C=C(C(=O)O)C(=O)O)CCC. The van der Waals surface area contributed by atoms with Gasteiger partial charge in [-0.05, 0) is 18.8 Å². The van der Waals surface area contributed by atoms with Crippen LogP contribution in [-0.2, 0) is 9.59 Å². The van der Waals surface area contributed by atoms with Crippen molar-refractivity contribution < 1.29 is 19.8 Å². The Bertz CT molecular complexity index is 265. The quantitative estimate of drug-likeness (QED) is 0.282. The summed E-state index contributed by atoms with van der Waals surface area (Å²) in [7, 11) is 0. The molecule has 0 aliphatic heterocycles. The van der Waals surface area contributed by atoms with Gasteiger partial charge in [0.2, 0.25) is 0 Å². The molecule has 17 heavy (non-hydrogen) atoms. The van der Waals surface area contributed by atoms with Gasteiger partial charge in [0.15, 0.2) is 0 Å². The van der Waals surface area contributed by atoms with Gasteiger partial charge in [0.05, 0.1) is 0 Å². The molecule has 1 atom stereocenters. The van der Waals surface area contributed by atoms with Crippen molar-refractivity contribution in [3.05, 3.63) is 11.6 Å². The highest BCUT2D eigenvalue weighted by molar-refractivity contribution is 6.12. The van der Waals surface area contributed by atoms with Crippen LogP contribution in [0.5, 0.6) is 0 Å². The van der Waals surface area contributed by atoms with Gasteiger partial charge in [-0.25, -0.2) is 9.59 Å². The summed E-state index contributed by atoms with van der Waals surface area (Å²) >= 11 is 0. The lowest BCUT2D eigenvalue weighted by Gasteiger charge is -2.11. The van der Waals surface area contributed by atoms with Crippen LogP contribution in [0.25, 0.3) is 0 Å². The van der Waals surface area contributed by atoms with Gasteiger partial charge >= 0.3 is 11.9 Å². The first kappa shape index (κ1) is 15.7. The molecule has 98 valence electrons. The van der Waals surface area contributed by atoms with Crippen molar-refractivity contribution >= 4 is 11.9 Å². The monoisotopic (exact) mass is 242 g/mol. The largest absolute Gasteiger partial charge is 0.477 e. The molecule has 0 bridgehead atoms. The van der Waals surface area contributed by atoms with Gasteiger partial charge < -0.3 is 10.2 Å². The summed E-state index contributed by atoms with van der Waals surface area (Å²) in [6.07, 6.45) is 7.27. The molecule has 0 saturated carbocycles. The maximum absolute atomic E-state index is 10.8. The Morgan fingerprint density at radius 1 is 1.00 bits per heavy atom. The second-order valence-corrected chi connectivity index (χ2v) is 4.24. The first-order valence-corrected chi connectivity index (χ1v) is 6.21. The molecule has 0 rings (SSSR count). The van der Waals surface area contributed by atoms with Crippen molar-refractivity contribution in [1.82, 2.24) is 0 Å². The Hall–Kier alpha value is -1.32. The average Bonchev–Trinajstić information content (AvgIpc) is 2.24. The van der Waals surface area contributed by atoms with Crippen LogP contribution in [0.15, 0.2) is 11.6 Å². The van der Waals surface area contributed by atoms with E-state index < -0.39 is 17.5 Å². The summed E-state index contributed by atoms with van der Waals surface area (Å²) < 4.78 is 0. The van der Waals surface area contributed by atoms with Crippen LogP contribution in [0.3, 0.4) is 0 Å². The van der Waals surface area contributed by atoms with Gasteiger partial charge in [-0.15, -0.1) is 0 Å². The third-order valence-electron chi connectivity index (χ3n) is 2.70. The zero-order valence-electron chi connectivity index (χ0n) is 10.6. The fourth-order valence-corrected chi connectivity index (χ4v) is 1.81. The second-order valence-electron chi connectivity index (χ2n) is 4.24. The second kappa shape index (κ2) is 8.79. The van der Waals surface area contributed by atoms with E-state index in [0.29, 0.717) is 0 Å². The van der Waals surface area contributed by atoms with Crippen LogP contribution in [0.2, 0.25) is 0 Å². The summed E-state index contributed by atoms with van der Waals surface area (Å²) in [5.41, 5.74) is -0.500. The standard InChI is InChI=1S/C13H22O4/c1-3-5-6-8-10(7-4-2)9-11(12(14)15)13(16)17/h9-10H,3-8H2,1-2H3,(H,14,15)(H,16,17). The Labute approximate surface area is 102 Å². The van der Waals surface area contributed by atoms with E-state index in [1.165, 1.54) is 6.08 Å².